The van der Waals surface area contributed by atoms with Gasteiger partial charge >= 0.3 is 5.97 Å². The van der Waals surface area contributed by atoms with Crippen LogP contribution in [-0.4, -0.2) is 18.5 Å². The average molecular weight is 394 g/mol. The summed E-state index contributed by atoms with van der Waals surface area (Å²) in [5.41, 5.74) is 2.16. The Morgan fingerprint density at radius 2 is 1.43 bits per heavy atom. The molecule has 0 unspecified atom stereocenters. The van der Waals surface area contributed by atoms with E-state index in [4.69, 9.17) is 16.3 Å². The highest BCUT2D eigenvalue weighted by atomic mass is 35.5. The molecule has 0 aliphatic carbocycles. The molecular formula is C21H16ClN3O3. The second-order valence-corrected chi connectivity index (χ2v) is 6.09. The number of anilines is 1. The largest absolute Gasteiger partial charge is 0.452 e. The van der Waals surface area contributed by atoms with Crippen LogP contribution in [0, 0.1) is 0 Å². The quantitative estimate of drug-likeness (QED) is 0.440. The van der Waals surface area contributed by atoms with Gasteiger partial charge in [-0.15, -0.1) is 0 Å². The van der Waals surface area contributed by atoms with Crippen LogP contribution in [0.1, 0.15) is 10.4 Å². The van der Waals surface area contributed by atoms with Crippen LogP contribution in [-0.2, 0) is 9.53 Å². The lowest BCUT2D eigenvalue weighted by molar-refractivity contribution is -0.119. The van der Waals surface area contributed by atoms with Crippen molar-refractivity contribution in [2.75, 3.05) is 11.9 Å². The zero-order valence-corrected chi connectivity index (χ0v) is 15.5. The molecule has 0 bridgehead atoms. The lowest BCUT2D eigenvalue weighted by Crippen LogP contribution is -2.21. The van der Waals surface area contributed by atoms with Crippen LogP contribution in [0.15, 0.2) is 89.1 Å². The van der Waals surface area contributed by atoms with E-state index < -0.39 is 18.5 Å². The van der Waals surface area contributed by atoms with Crippen molar-refractivity contribution >= 4 is 40.5 Å². The van der Waals surface area contributed by atoms with Crippen LogP contribution >= 0.6 is 11.6 Å². The zero-order chi connectivity index (χ0) is 19.8. The predicted molar refractivity (Wildman–Crippen MR) is 107 cm³/mol. The Morgan fingerprint density at radius 3 is 2.11 bits per heavy atom. The number of esters is 1. The normalized spacial score (nSPS) is 10.6. The summed E-state index contributed by atoms with van der Waals surface area (Å²) in [5.74, 6) is -1.11. The molecule has 0 atom stereocenters. The molecule has 1 N–H and O–H groups in total. The molecule has 140 valence electrons. The molecule has 0 aliphatic rings. The topological polar surface area (TPSA) is 80.1 Å². The Kier molecular flexibility index (Phi) is 6.49. The summed E-state index contributed by atoms with van der Waals surface area (Å²) in [6, 6.07) is 22.7. The lowest BCUT2D eigenvalue weighted by Gasteiger charge is -2.07. The first-order chi connectivity index (χ1) is 13.6. The lowest BCUT2D eigenvalue weighted by atomic mass is 10.2. The fourth-order valence-corrected chi connectivity index (χ4v) is 2.47. The molecule has 0 saturated heterocycles. The van der Waals surface area contributed by atoms with Gasteiger partial charge in [0.1, 0.15) is 0 Å². The zero-order valence-electron chi connectivity index (χ0n) is 14.7. The number of hydrogen-bond acceptors (Lipinski definition) is 5. The Morgan fingerprint density at radius 1 is 0.821 bits per heavy atom. The van der Waals surface area contributed by atoms with Crippen molar-refractivity contribution in [1.82, 2.24) is 0 Å². The molecule has 0 heterocycles. The fourth-order valence-electron chi connectivity index (χ4n) is 2.25. The molecule has 3 aromatic carbocycles. The number of halogens is 1. The first kappa shape index (κ1) is 19.3. The van der Waals surface area contributed by atoms with Crippen molar-refractivity contribution < 1.29 is 14.3 Å². The van der Waals surface area contributed by atoms with Gasteiger partial charge in [-0.1, -0.05) is 41.9 Å². The molecule has 1 amide bonds. The number of azo groups is 1. The van der Waals surface area contributed by atoms with Gasteiger partial charge in [-0.2, -0.15) is 10.2 Å². The maximum absolute atomic E-state index is 12.0. The summed E-state index contributed by atoms with van der Waals surface area (Å²) in [7, 11) is 0. The first-order valence-electron chi connectivity index (χ1n) is 8.40. The van der Waals surface area contributed by atoms with Crippen molar-refractivity contribution in [1.29, 1.82) is 0 Å². The van der Waals surface area contributed by atoms with Crippen LogP contribution < -0.4 is 5.32 Å². The van der Waals surface area contributed by atoms with E-state index in [1.54, 1.807) is 42.5 Å². The Bertz CT molecular complexity index is 989. The smallest absolute Gasteiger partial charge is 0.340 e. The van der Waals surface area contributed by atoms with Crippen molar-refractivity contribution in [2.45, 2.75) is 0 Å². The summed E-state index contributed by atoms with van der Waals surface area (Å²) in [6.07, 6.45) is 0. The fraction of sp³-hybridized carbons (Fsp3) is 0.0476. The summed E-state index contributed by atoms with van der Waals surface area (Å²) in [6.45, 7) is -0.417. The molecule has 28 heavy (non-hydrogen) atoms. The van der Waals surface area contributed by atoms with Crippen molar-refractivity contribution in [2.24, 2.45) is 10.2 Å². The molecule has 0 fully saturated rings. The van der Waals surface area contributed by atoms with Gasteiger partial charge in [0.15, 0.2) is 6.61 Å². The van der Waals surface area contributed by atoms with E-state index in [1.807, 2.05) is 30.3 Å². The summed E-state index contributed by atoms with van der Waals surface area (Å²) in [5, 5.41) is 11.2. The average Bonchev–Trinajstić information content (AvgIpc) is 2.72. The predicted octanol–water partition coefficient (Wildman–Crippen LogP) is 5.55. The maximum Gasteiger partial charge on any atom is 0.340 e. The second-order valence-electron chi connectivity index (χ2n) is 5.69. The van der Waals surface area contributed by atoms with E-state index in [2.05, 4.69) is 15.5 Å². The summed E-state index contributed by atoms with van der Waals surface area (Å²) in [4.78, 5) is 23.9. The number of amides is 1. The van der Waals surface area contributed by atoms with Crippen LogP contribution in [0.4, 0.5) is 17.1 Å². The highest BCUT2D eigenvalue weighted by Gasteiger charge is 2.13. The standard InChI is InChI=1S/C21H16ClN3O3/c22-19-9-5-4-8-18(19)21(27)28-14-20(26)23-15-10-12-17(13-11-15)25-24-16-6-2-1-3-7-16/h1-13H,14H2,(H,23,26). The molecular weight excluding hydrogens is 378 g/mol. The molecule has 0 saturated carbocycles. The maximum atomic E-state index is 12.0. The van der Waals surface area contributed by atoms with Gasteiger partial charge in [0, 0.05) is 5.69 Å². The Balaban J connectivity index is 1.51. The van der Waals surface area contributed by atoms with E-state index in [1.165, 1.54) is 6.07 Å². The molecule has 3 rings (SSSR count). The van der Waals surface area contributed by atoms with Crippen LogP contribution in [0.3, 0.4) is 0 Å². The van der Waals surface area contributed by atoms with Gasteiger partial charge in [0.25, 0.3) is 5.91 Å². The number of rotatable bonds is 6. The van der Waals surface area contributed by atoms with Gasteiger partial charge in [-0.25, -0.2) is 4.79 Å². The van der Waals surface area contributed by atoms with Gasteiger partial charge in [-0.3, -0.25) is 4.79 Å². The van der Waals surface area contributed by atoms with E-state index in [-0.39, 0.29) is 10.6 Å². The summed E-state index contributed by atoms with van der Waals surface area (Å²) >= 11 is 5.93. The van der Waals surface area contributed by atoms with Crippen LogP contribution in [0.25, 0.3) is 0 Å². The molecule has 0 aliphatic heterocycles. The van der Waals surface area contributed by atoms with Gasteiger partial charge in [0.2, 0.25) is 0 Å². The Hall–Kier alpha value is -3.51. The van der Waals surface area contributed by atoms with Crippen molar-refractivity contribution in [3.05, 3.63) is 89.4 Å². The monoisotopic (exact) mass is 393 g/mol. The number of benzene rings is 3. The minimum absolute atomic E-state index is 0.213. The van der Waals surface area contributed by atoms with E-state index >= 15 is 0 Å². The molecule has 3 aromatic rings. The summed E-state index contributed by atoms with van der Waals surface area (Å²) < 4.78 is 4.99. The number of carbonyl (C=O) groups is 2. The molecule has 0 aromatic heterocycles. The van der Waals surface area contributed by atoms with E-state index in [9.17, 15) is 9.59 Å². The molecule has 0 radical (unpaired) electrons. The highest BCUT2D eigenvalue weighted by molar-refractivity contribution is 6.33. The van der Waals surface area contributed by atoms with E-state index in [0.29, 0.717) is 11.4 Å². The van der Waals surface area contributed by atoms with Crippen molar-refractivity contribution in [3.8, 4) is 0 Å². The number of ether oxygens (including phenoxy) is 1. The van der Waals surface area contributed by atoms with Gasteiger partial charge in [0.05, 0.1) is 22.0 Å². The minimum atomic E-state index is -0.655. The van der Waals surface area contributed by atoms with Crippen LogP contribution in [0.5, 0.6) is 0 Å². The third-order valence-electron chi connectivity index (χ3n) is 3.62. The number of hydrogen-bond donors (Lipinski definition) is 1. The SMILES string of the molecule is O=C(COC(=O)c1ccccc1Cl)Nc1ccc(N=Nc2ccccc2)cc1. The van der Waals surface area contributed by atoms with Crippen LogP contribution in [0.2, 0.25) is 5.02 Å². The van der Waals surface area contributed by atoms with Gasteiger partial charge in [-0.05, 0) is 48.5 Å². The molecule has 7 heteroatoms. The minimum Gasteiger partial charge on any atom is -0.452 e. The first-order valence-corrected chi connectivity index (χ1v) is 8.78. The number of carbonyl (C=O) groups excluding carboxylic acids is 2. The molecule has 6 nitrogen and oxygen atoms in total. The number of nitrogens with one attached hydrogen (secondary N) is 1. The highest BCUT2D eigenvalue weighted by Crippen LogP contribution is 2.20. The molecule has 0 spiro atoms. The van der Waals surface area contributed by atoms with Crippen molar-refractivity contribution in [3.63, 3.8) is 0 Å². The second kappa shape index (κ2) is 9.43. The third-order valence-corrected chi connectivity index (χ3v) is 3.95. The number of nitrogens with zero attached hydrogens (tertiary/aromatic N) is 2. The Labute approximate surface area is 166 Å². The third kappa shape index (κ3) is 5.49. The van der Waals surface area contributed by atoms with E-state index in [0.717, 1.165) is 5.69 Å². The van der Waals surface area contributed by atoms with Gasteiger partial charge < -0.3 is 10.1 Å².